The van der Waals surface area contributed by atoms with Crippen LogP contribution < -0.4 is 34.5 Å². The maximum Gasteiger partial charge on any atom is 1.00 e. The van der Waals surface area contributed by atoms with Crippen molar-refractivity contribution in [2.75, 3.05) is 17.7 Å². The minimum absolute atomic E-state index is 0. The molecule has 20 heavy (non-hydrogen) atoms. The molecule has 1 aliphatic heterocycles. The molecule has 104 valence electrons. The van der Waals surface area contributed by atoms with Crippen molar-refractivity contribution in [3.05, 3.63) is 29.8 Å². The van der Waals surface area contributed by atoms with Crippen molar-refractivity contribution in [2.24, 2.45) is 0 Å². The Hall–Kier alpha value is -0.530. The van der Waals surface area contributed by atoms with Crippen LogP contribution >= 0.6 is 0 Å². The second-order valence-corrected chi connectivity index (χ2v) is 6.69. The van der Waals surface area contributed by atoms with Crippen LogP contribution in [0.25, 0.3) is 5.57 Å². The van der Waals surface area contributed by atoms with E-state index in [-0.39, 0.29) is 35.3 Å². The molecule has 0 amide bonds. The zero-order valence-electron chi connectivity index (χ0n) is 12.0. The zero-order valence-corrected chi connectivity index (χ0v) is 14.9. The van der Waals surface area contributed by atoms with Gasteiger partial charge in [0.1, 0.15) is 5.75 Å². The summed E-state index contributed by atoms with van der Waals surface area (Å²) < 4.78 is 33.0. The number of nitrogens with zero attached hydrogens (tertiary/aromatic N) is 1. The zero-order chi connectivity index (χ0) is 14.4. The fraction of sp³-hybridized carbons (Fsp3) is 0.385. The Kier molecular flexibility index (Phi) is 4.99. The number of rotatable bonds is 2. The van der Waals surface area contributed by atoms with Gasteiger partial charge in [-0.1, -0.05) is 6.08 Å². The van der Waals surface area contributed by atoms with Gasteiger partial charge >= 0.3 is 29.6 Å². The summed E-state index contributed by atoms with van der Waals surface area (Å²) in [6.07, 6.45) is 1.78. The van der Waals surface area contributed by atoms with Crippen LogP contribution in [0.5, 0.6) is 5.75 Å². The van der Waals surface area contributed by atoms with Crippen molar-refractivity contribution < 1.29 is 47.6 Å². The van der Waals surface area contributed by atoms with Crippen LogP contribution in [0, 0.1) is 0 Å². The van der Waals surface area contributed by atoms with E-state index in [0.717, 1.165) is 0 Å². The SMILES string of the molecule is CN1c2cc(O)ccc2C(CS(=O)(=O)[O-])=CC1(C)C.[Na+]. The average molecular weight is 305 g/mol. The van der Waals surface area contributed by atoms with Crippen LogP contribution in [0.15, 0.2) is 24.3 Å². The molecule has 0 atom stereocenters. The van der Waals surface area contributed by atoms with Gasteiger partial charge in [0.15, 0.2) is 0 Å². The van der Waals surface area contributed by atoms with Gasteiger partial charge in [-0.2, -0.15) is 0 Å². The van der Waals surface area contributed by atoms with Gasteiger partial charge in [0.2, 0.25) is 0 Å². The first kappa shape index (κ1) is 17.5. The van der Waals surface area contributed by atoms with E-state index in [2.05, 4.69) is 0 Å². The van der Waals surface area contributed by atoms with Crippen LogP contribution in [0.3, 0.4) is 0 Å². The normalized spacial score (nSPS) is 17.0. The number of phenolic OH excluding ortho intramolecular Hbond substituents is 1. The Labute approximate surface area is 141 Å². The van der Waals surface area contributed by atoms with Crippen molar-refractivity contribution >= 4 is 21.4 Å². The molecule has 1 heterocycles. The van der Waals surface area contributed by atoms with Gasteiger partial charge in [-0.3, -0.25) is 0 Å². The molecule has 0 aromatic heterocycles. The van der Waals surface area contributed by atoms with Gasteiger partial charge in [0.05, 0.1) is 21.4 Å². The van der Waals surface area contributed by atoms with Crippen LogP contribution in [-0.4, -0.2) is 36.4 Å². The number of hydrogen-bond donors (Lipinski definition) is 1. The monoisotopic (exact) mass is 305 g/mol. The van der Waals surface area contributed by atoms with E-state index in [9.17, 15) is 18.1 Å². The van der Waals surface area contributed by atoms with E-state index in [4.69, 9.17) is 0 Å². The third kappa shape index (κ3) is 3.56. The fourth-order valence-corrected chi connectivity index (χ4v) is 2.91. The van der Waals surface area contributed by atoms with E-state index in [1.165, 1.54) is 6.07 Å². The summed E-state index contributed by atoms with van der Waals surface area (Å²) in [7, 11) is -2.49. The van der Waals surface area contributed by atoms with Gasteiger partial charge in [0.25, 0.3) is 0 Å². The Morgan fingerprint density at radius 2 is 1.95 bits per heavy atom. The van der Waals surface area contributed by atoms with Gasteiger partial charge in [-0.05, 0) is 31.6 Å². The number of hydrogen-bond acceptors (Lipinski definition) is 5. The summed E-state index contributed by atoms with van der Waals surface area (Å²) in [5.41, 5.74) is 1.43. The van der Waals surface area contributed by atoms with Crippen LogP contribution in [-0.2, 0) is 10.1 Å². The molecule has 0 radical (unpaired) electrons. The standard InChI is InChI=1S/C13H17NO4S.Na/c1-13(2)7-9(8-19(16,17)18)11-5-4-10(15)6-12(11)14(13)3;/h4-7,15H,8H2,1-3H3,(H,16,17,18);/q;+1/p-1. The summed E-state index contributed by atoms with van der Waals surface area (Å²) in [5, 5.41) is 9.57. The molecule has 0 spiro atoms. The first-order valence-corrected chi connectivity index (χ1v) is 7.40. The summed E-state index contributed by atoms with van der Waals surface area (Å²) in [4.78, 5) is 1.93. The molecule has 0 fully saturated rings. The number of anilines is 1. The molecule has 1 aliphatic rings. The molecule has 0 bridgehead atoms. The Morgan fingerprint density at radius 1 is 1.35 bits per heavy atom. The van der Waals surface area contributed by atoms with Crippen LogP contribution in [0.2, 0.25) is 0 Å². The van der Waals surface area contributed by atoms with E-state index < -0.39 is 21.4 Å². The fourth-order valence-electron chi connectivity index (χ4n) is 2.29. The summed E-state index contributed by atoms with van der Waals surface area (Å²) in [6, 6.07) is 4.69. The predicted octanol–water partition coefficient (Wildman–Crippen LogP) is -1.45. The Bertz CT molecular complexity index is 652. The summed E-state index contributed by atoms with van der Waals surface area (Å²) in [6.45, 7) is 3.83. The van der Waals surface area contributed by atoms with E-state index in [1.54, 1.807) is 18.2 Å². The first-order valence-electron chi connectivity index (χ1n) is 5.83. The number of aromatic hydroxyl groups is 1. The molecular formula is C13H16NNaO4S. The molecule has 2 rings (SSSR count). The largest absolute Gasteiger partial charge is 1.00 e. The maximum absolute atomic E-state index is 11.0. The van der Waals surface area contributed by atoms with Gasteiger partial charge in [-0.25, -0.2) is 8.42 Å². The van der Waals surface area contributed by atoms with Crippen LogP contribution in [0.1, 0.15) is 19.4 Å². The number of phenols is 1. The quantitative estimate of drug-likeness (QED) is 0.534. The molecule has 5 nitrogen and oxygen atoms in total. The molecule has 1 aromatic carbocycles. The van der Waals surface area contributed by atoms with Gasteiger partial charge < -0.3 is 14.6 Å². The van der Waals surface area contributed by atoms with E-state index >= 15 is 0 Å². The van der Waals surface area contributed by atoms with Crippen molar-refractivity contribution in [3.63, 3.8) is 0 Å². The molecule has 0 saturated carbocycles. The molecule has 0 aliphatic carbocycles. The molecule has 1 N–H and O–H groups in total. The summed E-state index contributed by atoms with van der Waals surface area (Å²) >= 11 is 0. The molecule has 0 unspecified atom stereocenters. The second kappa shape index (κ2) is 5.69. The maximum atomic E-state index is 11.0. The number of likely N-dealkylation sites (N-methyl/N-ethyl adjacent to an activating group) is 1. The van der Waals surface area contributed by atoms with Crippen LogP contribution in [0.4, 0.5) is 5.69 Å². The van der Waals surface area contributed by atoms with Crippen molar-refractivity contribution in [2.45, 2.75) is 19.4 Å². The summed E-state index contributed by atoms with van der Waals surface area (Å²) in [5.74, 6) is -0.435. The minimum atomic E-state index is -4.34. The Balaban J connectivity index is 0.00000200. The molecule has 1 aromatic rings. The number of fused-ring (bicyclic) bond motifs is 1. The van der Waals surface area contributed by atoms with Crippen molar-refractivity contribution in [1.29, 1.82) is 0 Å². The average Bonchev–Trinajstić information content (AvgIpc) is 2.23. The third-order valence-corrected chi connectivity index (χ3v) is 4.08. The minimum Gasteiger partial charge on any atom is -0.748 e. The van der Waals surface area contributed by atoms with Gasteiger partial charge in [0, 0.05) is 24.4 Å². The third-order valence-electron chi connectivity index (χ3n) is 3.41. The topological polar surface area (TPSA) is 80.7 Å². The number of benzene rings is 1. The van der Waals surface area contributed by atoms with Gasteiger partial charge in [-0.15, -0.1) is 0 Å². The second-order valence-electron chi connectivity index (χ2n) is 5.29. The van der Waals surface area contributed by atoms with E-state index in [0.29, 0.717) is 16.8 Å². The smallest absolute Gasteiger partial charge is 0.748 e. The van der Waals surface area contributed by atoms with E-state index in [1.807, 2.05) is 25.8 Å². The molecule has 7 heteroatoms. The predicted molar refractivity (Wildman–Crippen MR) is 73.1 cm³/mol. The van der Waals surface area contributed by atoms with Crippen molar-refractivity contribution in [3.8, 4) is 5.75 Å². The first-order chi connectivity index (χ1) is 8.60. The molecule has 0 saturated heterocycles. The van der Waals surface area contributed by atoms with Crippen molar-refractivity contribution in [1.82, 2.24) is 0 Å². The molecular weight excluding hydrogens is 289 g/mol. The Morgan fingerprint density at radius 3 is 2.50 bits per heavy atom.